The average molecular weight is 390 g/mol. The molecule has 1 fully saturated rings. The van der Waals surface area contributed by atoms with Crippen LogP contribution in [0.2, 0.25) is 5.02 Å². The number of nitrogens with one attached hydrogen (secondary N) is 1. The molecule has 3 rings (SSSR count). The summed E-state index contributed by atoms with van der Waals surface area (Å²) < 4.78 is 5.46. The van der Waals surface area contributed by atoms with Gasteiger partial charge in [-0.05, 0) is 51.8 Å². The Labute approximate surface area is 163 Å². The first-order chi connectivity index (χ1) is 12.7. The fourth-order valence-corrected chi connectivity index (χ4v) is 3.39. The Balaban J connectivity index is 1.64. The van der Waals surface area contributed by atoms with Crippen molar-refractivity contribution in [1.29, 1.82) is 0 Å². The molecule has 27 heavy (non-hydrogen) atoms. The molecule has 1 aromatic carbocycles. The highest BCUT2D eigenvalue weighted by atomic mass is 35.5. The molecule has 0 aliphatic carbocycles. The Hall–Kier alpha value is -2.34. The van der Waals surface area contributed by atoms with E-state index in [0.29, 0.717) is 29.2 Å². The molecule has 6 nitrogen and oxygen atoms in total. The van der Waals surface area contributed by atoms with E-state index in [1.54, 1.807) is 35.4 Å². The number of hydrogen-bond donors (Lipinski definition) is 1. The third-order valence-corrected chi connectivity index (χ3v) is 4.78. The van der Waals surface area contributed by atoms with Gasteiger partial charge in [0.2, 0.25) is 0 Å². The summed E-state index contributed by atoms with van der Waals surface area (Å²) in [4.78, 5) is 30.8. The van der Waals surface area contributed by atoms with Crippen molar-refractivity contribution in [3.63, 3.8) is 0 Å². The highest BCUT2D eigenvalue weighted by molar-refractivity contribution is 6.35. The molecule has 144 valence electrons. The van der Waals surface area contributed by atoms with Gasteiger partial charge < -0.3 is 15.0 Å². The fraction of sp³-hybridized carbons (Fsp3) is 0.450. The Morgan fingerprint density at radius 2 is 2.11 bits per heavy atom. The number of pyridine rings is 1. The number of halogens is 1. The van der Waals surface area contributed by atoms with Crippen LogP contribution in [0.25, 0.3) is 10.9 Å². The molecule has 1 aliphatic rings. The minimum Gasteiger partial charge on any atom is -0.444 e. The summed E-state index contributed by atoms with van der Waals surface area (Å²) in [6, 6.07) is 6.90. The second-order valence-electron chi connectivity index (χ2n) is 7.70. The van der Waals surface area contributed by atoms with Crippen molar-refractivity contribution in [2.24, 2.45) is 0 Å². The van der Waals surface area contributed by atoms with E-state index < -0.39 is 5.60 Å². The molecule has 0 unspecified atom stereocenters. The van der Waals surface area contributed by atoms with E-state index in [-0.39, 0.29) is 18.0 Å². The quantitative estimate of drug-likeness (QED) is 0.860. The molecule has 7 heteroatoms. The standard InChI is InChI=1S/C20H24ClN3O3/c1-20(2,3)27-19(26)24-10-4-5-14(24)12-23-18(25)13-6-7-15-16(21)8-9-22-17(15)11-13/h6-9,11,14H,4-5,10,12H2,1-3H3,(H,23,25)/t14-/m0/s1. The Kier molecular flexibility index (Phi) is 5.56. The first-order valence-corrected chi connectivity index (χ1v) is 9.44. The van der Waals surface area contributed by atoms with Crippen LogP contribution in [0.15, 0.2) is 30.5 Å². The zero-order chi connectivity index (χ0) is 19.6. The van der Waals surface area contributed by atoms with Gasteiger partial charge in [-0.2, -0.15) is 0 Å². The smallest absolute Gasteiger partial charge is 0.410 e. The lowest BCUT2D eigenvalue weighted by Crippen LogP contribution is -2.45. The van der Waals surface area contributed by atoms with Crippen LogP contribution in [0.4, 0.5) is 4.79 Å². The number of fused-ring (bicyclic) bond motifs is 1. The number of amides is 2. The Bertz CT molecular complexity index is 863. The number of ether oxygens (including phenoxy) is 1. The van der Waals surface area contributed by atoms with Gasteiger partial charge in [-0.15, -0.1) is 0 Å². The highest BCUT2D eigenvalue weighted by Gasteiger charge is 2.32. The second-order valence-corrected chi connectivity index (χ2v) is 8.11. The summed E-state index contributed by atoms with van der Waals surface area (Å²) in [5.74, 6) is -0.199. The lowest BCUT2D eigenvalue weighted by molar-refractivity contribution is 0.0225. The first-order valence-electron chi connectivity index (χ1n) is 9.07. The summed E-state index contributed by atoms with van der Waals surface area (Å²) >= 11 is 6.14. The summed E-state index contributed by atoms with van der Waals surface area (Å²) in [6.07, 6.45) is 3.03. The van der Waals surface area contributed by atoms with Crippen LogP contribution >= 0.6 is 11.6 Å². The molecular formula is C20H24ClN3O3. The fourth-order valence-electron chi connectivity index (χ4n) is 3.18. The molecule has 0 saturated carbocycles. The molecule has 2 aromatic rings. The summed E-state index contributed by atoms with van der Waals surface area (Å²) in [5, 5.41) is 4.33. The number of rotatable bonds is 3. The van der Waals surface area contributed by atoms with Crippen molar-refractivity contribution in [3.05, 3.63) is 41.0 Å². The zero-order valence-electron chi connectivity index (χ0n) is 15.8. The average Bonchev–Trinajstić information content (AvgIpc) is 3.07. The summed E-state index contributed by atoms with van der Waals surface area (Å²) in [5.41, 5.74) is 0.651. The van der Waals surface area contributed by atoms with Crippen LogP contribution in [0.3, 0.4) is 0 Å². The van der Waals surface area contributed by atoms with Gasteiger partial charge >= 0.3 is 6.09 Å². The summed E-state index contributed by atoms with van der Waals surface area (Å²) in [6.45, 7) is 6.57. The van der Waals surface area contributed by atoms with Crippen molar-refractivity contribution >= 4 is 34.5 Å². The molecule has 0 radical (unpaired) electrons. The van der Waals surface area contributed by atoms with Crippen LogP contribution in [0.5, 0.6) is 0 Å². The minimum absolute atomic E-state index is 0.0585. The number of likely N-dealkylation sites (tertiary alicyclic amines) is 1. The van der Waals surface area contributed by atoms with Crippen molar-refractivity contribution in [2.75, 3.05) is 13.1 Å². The maximum Gasteiger partial charge on any atom is 0.410 e. The topological polar surface area (TPSA) is 71.5 Å². The van der Waals surface area contributed by atoms with Gasteiger partial charge in [0, 0.05) is 30.2 Å². The molecule has 1 aromatic heterocycles. The molecule has 1 atom stereocenters. The minimum atomic E-state index is -0.535. The largest absolute Gasteiger partial charge is 0.444 e. The van der Waals surface area contributed by atoms with E-state index in [1.807, 2.05) is 20.8 Å². The van der Waals surface area contributed by atoms with Gasteiger partial charge in [0.15, 0.2) is 0 Å². The monoisotopic (exact) mass is 389 g/mol. The SMILES string of the molecule is CC(C)(C)OC(=O)N1CCC[C@H]1CNC(=O)c1ccc2c(Cl)ccnc2c1. The van der Waals surface area contributed by atoms with Gasteiger partial charge in [0.25, 0.3) is 5.91 Å². The lowest BCUT2D eigenvalue weighted by atomic mass is 10.1. The van der Waals surface area contributed by atoms with Gasteiger partial charge in [-0.25, -0.2) is 4.79 Å². The van der Waals surface area contributed by atoms with Crippen molar-refractivity contribution in [3.8, 4) is 0 Å². The van der Waals surface area contributed by atoms with Gasteiger partial charge in [-0.3, -0.25) is 9.78 Å². The third-order valence-electron chi connectivity index (χ3n) is 4.46. The molecule has 0 bridgehead atoms. The number of carbonyl (C=O) groups is 2. The Morgan fingerprint density at radius 3 is 2.85 bits per heavy atom. The van der Waals surface area contributed by atoms with E-state index in [0.717, 1.165) is 18.2 Å². The van der Waals surface area contributed by atoms with E-state index in [1.165, 1.54) is 0 Å². The van der Waals surface area contributed by atoms with E-state index in [2.05, 4.69) is 10.3 Å². The van der Waals surface area contributed by atoms with Crippen LogP contribution in [0.1, 0.15) is 44.0 Å². The number of nitrogens with zero attached hydrogens (tertiary/aromatic N) is 2. The molecule has 1 aliphatic heterocycles. The first kappa shape index (κ1) is 19.4. The maximum absolute atomic E-state index is 12.5. The molecule has 0 spiro atoms. The Morgan fingerprint density at radius 1 is 1.33 bits per heavy atom. The number of carbonyl (C=O) groups excluding carboxylic acids is 2. The molecule has 2 heterocycles. The maximum atomic E-state index is 12.5. The molecule has 1 N–H and O–H groups in total. The van der Waals surface area contributed by atoms with Crippen LogP contribution in [0, 0.1) is 0 Å². The van der Waals surface area contributed by atoms with Crippen molar-refractivity contribution in [1.82, 2.24) is 15.2 Å². The van der Waals surface area contributed by atoms with Crippen LogP contribution < -0.4 is 5.32 Å². The predicted octanol–water partition coefficient (Wildman–Crippen LogP) is 4.02. The van der Waals surface area contributed by atoms with Crippen LogP contribution in [-0.4, -0.2) is 46.6 Å². The normalized spacial score (nSPS) is 17.2. The van der Waals surface area contributed by atoms with Gasteiger partial charge in [-0.1, -0.05) is 17.7 Å². The van der Waals surface area contributed by atoms with E-state index in [9.17, 15) is 9.59 Å². The zero-order valence-corrected chi connectivity index (χ0v) is 16.5. The number of hydrogen-bond acceptors (Lipinski definition) is 4. The molecule has 2 amide bonds. The second kappa shape index (κ2) is 7.72. The molecular weight excluding hydrogens is 366 g/mol. The highest BCUT2D eigenvalue weighted by Crippen LogP contribution is 2.23. The van der Waals surface area contributed by atoms with Crippen LogP contribution in [-0.2, 0) is 4.74 Å². The molecule has 1 saturated heterocycles. The predicted molar refractivity (Wildman–Crippen MR) is 105 cm³/mol. The lowest BCUT2D eigenvalue weighted by Gasteiger charge is -2.28. The van der Waals surface area contributed by atoms with Gasteiger partial charge in [0.1, 0.15) is 5.60 Å². The van der Waals surface area contributed by atoms with E-state index in [4.69, 9.17) is 16.3 Å². The van der Waals surface area contributed by atoms with E-state index >= 15 is 0 Å². The number of benzene rings is 1. The summed E-state index contributed by atoms with van der Waals surface area (Å²) in [7, 11) is 0. The third kappa shape index (κ3) is 4.69. The van der Waals surface area contributed by atoms with Crippen molar-refractivity contribution < 1.29 is 14.3 Å². The number of aromatic nitrogens is 1. The van der Waals surface area contributed by atoms with Gasteiger partial charge in [0.05, 0.1) is 16.6 Å². The van der Waals surface area contributed by atoms with Crippen molar-refractivity contribution in [2.45, 2.75) is 45.3 Å².